The molecule has 2 amide bonds. The van der Waals surface area contributed by atoms with E-state index in [-0.39, 0.29) is 12.1 Å². The number of amides is 2. The molecule has 1 aliphatic rings. The van der Waals surface area contributed by atoms with E-state index < -0.39 is 0 Å². The summed E-state index contributed by atoms with van der Waals surface area (Å²) in [6, 6.07) is 25.9. The zero-order valence-electron chi connectivity index (χ0n) is 26.6. The molecule has 4 heteroatoms. The summed E-state index contributed by atoms with van der Waals surface area (Å²) in [5, 5.41) is 3.42. The van der Waals surface area contributed by atoms with E-state index in [1.807, 2.05) is 0 Å². The lowest BCUT2D eigenvalue weighted by atomic mass is 9.81. The van der Waals surface area contributed by atoms with E-state index in [4.69, 9.17) is 4.74 Å². The lowest BCUT2D eigenvalue weighted by Crippen LogP contribution is -2.44. The van der Waals surface area contributed by atoms with E-state index in [9.17, 15) is 4.79 Å². The van der Waals surface area contributed by atoms with E-state index in [0.29, 0.717) is 24.3 Å². The molecule has 0 bridgehead atoms. The van der Waals surface area contributed by atoms with Gasteiger partial charge in [-0.2, -0.15) is 0 Å². The maximum Gasteiger partial charge on any atom is 0.322 e. The van der Waals surface area contributed by atoms with Crippen LogP contribution >= 0.6 is 0 Å². The number of nitrogens with one attached hydrogen (secondary N) is 1. The van der Waals surface area contributed by atoms with Crippen molar-refractivity contribution in [3.05, 3.63) is 95.1 Å². The molecular formula is C38H52N2O2. The van der Waals surface area contributed by atoms with Gasteiger partial charge >= 0.3 is 6.03 Å². The standard InChI is InChI=1S/C38H52N2O2/c1-6-7-8-12-26-42-34-24-18-30(19-25-34)27-40(33-22-20-32(21-23-33)31-14-10-9-11-15-31)38(41)39-37-35(28(2)3)16-13-17-36(37)29(4)5/h9-11,13-19,24-25,28-29,32-33H,6-8,12,20-23,26-27H2,1-5H3,(H,39,41)/t32-,33-. The molecule has 0 atom stereocenters. The molecule has 0 aromatic heterocycles. The highest BCUT2D eigenvalue weighted by Crippen LogP contribution is 2.37. The molecule has 0 unspecified atom stereocenters. The summed E-state index contributed by atoms with van der Waals surface area (Å²) in [5.41, 5.74) is 5.94. The summed E-state index contributed by atoms with van der Waals surface area (Å²) in [6.45, 7) is 12.4. The maximum atomic E-state index is 14.2. The molecule has 1 saturated carbocycles. The summed E-state index contributed by atoms with van der Waals surface area (Å²) >= 11 is 0. The number of nitrogens with zero attached hydrogens (tertiary/aromatic N) is 1. The Bertz CT molecular complexity index is 1200. The Kier molecular flexibility index (Phi) is 11.9. The van der Waals surface area contributed by atoms with Gasteiger partial charge in [0.2, 0.25) is 0 Å². The number of hydrogen-bond donors (Lipinski definition) is 1. The minimum Gasteiger partial charge on any atom is -0.494 e. The smallest absolute Gasteiger partial charge is 0.322 e. The molecule has 0 radical (unpaired) electrons. The summed E-state index contributed by atoms with van der Waals surface area (Å²) in [6.07, 6.45) is 9.01. The summed E-state index contributed by atoms with van der Waals surface area (Å²) in [5.74, 6) is 2.11. The Hall–Kier alpha value is -3.27. The molecule has 4 rings (SSSR count). The van der Waals surface area contributed by atoms with Gasteiger partial charge in [0.25, 0.3) is 0 Å². The number of ether oxygens (including phenoxy) is 1. The highest BCUT2D eigenvalue weighted by Gasteiger charge is 2.30. The third-order valence-electron chi connectivity index (χ3n) is 8.82. The number of unbranched alkanes of at least 4 members (excludes halogenated alkanes) is 3. The monoisotopic (exact) mass is 568 g/mol. The normalized spacial score (nSPS) is 16.9. The van der Waals surface area contributed by atoms with Crippen molar-refractivity contribution in [2.45, 2.75) is 116 Å². The first-order chi connectivity index (χ1) is 20.4. The third kappa shape index (κ3) is 8.63. The number of hydrogen-bond acceptors (Lipinski definition) is 2. The quantitative estimate of drug-likeness (QED) is 0.208. The molecule has 1 N–H and O–H groups in total. The number of urea groups is 1. The van der Waals surface area contributed by atoms with Gasteiger partial charge in [0.15, 0.2) is 0 Å². The number of carbonyl (C=O) groups excluding carboxylic acids is 1. The van der Waals surface area contributed by atoms with Crippen molar-refractivity contribution in [2.75, 3.05) is 11.9 Å². The first kappa shape index (κ1) is 31.7. The molecule has 1 fully saturated rings. The van der Waals surface area contributed by atoms with Gasteiger partial charge in [0.1, 0.15) is 5.75 Å². The van der Waals surface area contributed by atoms with Crippen molar-refractivity contribution >= 4 is 11.7 Å². The predicted octanol–water partition coefficient (Wildman–Crippen LogP) is 10.7. The van der Waals surface area contributed by atoms with Crippen LogP contribution in [-0.2, 0) is 6.54 Å². The van der Waals surface area contributed by atoms with Crippen LogP contribution in [0.25, 0.3) is 0 Å². The van der Waals surface area contributed by atoms with Crippen LogP contribution in [0.1, 0.15) is 126 Å². The molecule has 3 aromatic rings. The SMILES string of the molecule is CCCCCCOc1ccc(CN(C(=O)Nc2c(C(C)C)cccc2C(C)C)[C@H]2CC[C@H](c3ccccc3)CC2)cc1. The van der Waals surface area contributed by atoms with Crippen LogP contribution in [0.2, 0.25) is 0 Å². The number of carbonyl (C=O) groups is 1. The maximum absolute atomic E-state index is 14.2. The van der Waals surface area contributed by atoms with Gasteiger partial charge in [-0.05, 0) is 84.2 Å². The van der Waals surface area contributed by atoms with Crippen molar-refractivity contribution in [3.63, 3.8) is 0 Å². The van der Waals surface area contributed by atoms with E-state index in [1.165, 1.54) is 36.0 Å². The van der Waals surface area contributed by atoms with Crippen molar-refractivity contribution < 1.29 is 9.53 Å². The molecular weight excluding hydrogens is 516 g/mol. The van der Waals surface area contributed by atoms with Crippen LogP contribution in [0.15, 0.2) is 72.8 Å². The first-order valence-electron chi connectivity index (χ1n) is 16.3. The highest BCUT2D eigenvalue weighted by molar-refractivity contribution is 5.91. The molecule has 0 aliphatic heterocycles. The van der Waals surface area contributed by atoms with E-state index >= 15 is 0 Å². The van der Waals surface area contributed by atoms with Crippen molar-refractivity contribution in [1.82, 2.24) is 4.90 Å². The Morgan fingerprint density at radius 2 is 1.45 bits per heavy atom. The van der Waals surface area contributed by atoms with Crippen molar-refractivity contribution in [3.8, 4) is 5.75 Å². The minimum absolute atomic E-state index is 0.00408. The molecule has 1 aliphatic carbocycles. The minimum atomic E-state index is 0.00408. The van der Waals surface area contributed by atoms with Gasteiger partial charge in [-0.25, -0.2) is 4.79 Å². The lowest BCUT2D eigenvalue weighted by Gasteiger charge is -2.37. The van der Waals surface area contributed by atoms with Crippen LogP contribution in [0.4, 0.5) is 10.5 Å². The van der Waals surface area contributed by atoms with Crippen LogP contribution in [0.5, 0.6) is 5.75 Å². The molecule has 0 spiro atoms. The zero-order valence-corrected chi connectivity index (χ0v) is 26.6. The topological polar surface area (TPSA) is 41.6 Å². The zero-order chi connectivity index (χ0) is 29.9. The Balaban J connectivity index is 1.52. The second-order valence-corrected chi connectivity index (χ2v) is 12.6. The number of rotatable bonds is 13. The van der Waals surface area contributed by atoms with Crippen LogP contribution in [-0.4, -0.2) is 23.6 Å². The van der Waals surface area contributed by atoms with Gasteiger partial charge in [-0.3, -0.25) is 0 Å². The Labute approximate surface area is 254 Å². The van der Waals surface area contributed by atoms with Gasteiger partial charge in [-0.1, -0.05) is 115 Å². The van der Waals surface area contributed by atoms with E-state index in [0.717, 1.165) is 55.7 Å². The van der Waals surface area contributed by atoms with Crippen LogP contribution in [0.3, 0.4) is 0 Å². The molecule has 3 aromatic carbocycles. The number of benzene rings is 3. The van der Waals surface area contributed by atoms with Crippen molar-refractivity contribution in [1.29, 1.82) is 0 Å². The molecule has 226 valence electrons. The van der Waals surface area contributed by atoms with Gasteiger partial charge in [0.05, 0.1) is 6.61 Å². The summed E-state index contributed by atoms with van der Waals surface area (Å²) < 4.78 is 5.99. The lowest BCUT2D eigenvalue weighted by molar-refractivity contribution is 0.158. The molecule has 0 saturated heterocycles. The predicted molar refractivity (Wildman–Crippen MR) is 177 cm³/mol. The van der Waals surface area contributed by atoms with E-state index in [2.05, 4.69) is 118 Å². The fourth-order valence-corrected chi connectivity index (χ4v) is 6.29. The van der Waals surface area contributed by atoms with Crippen LogP contribution in [0, 0.1) is 0 Å². The van der Waals surface area contributed by atoms with Crippen LogP contribution < -0.4 is 10.1 Å². The van der Waals surface area contributed by atoms with Gasteiger partial charge in [0, 0.05) is 18.3 Å². The fraction of sp³-hybridized carbons (Fsp3) is 0.500. The third-order valence-corrected chi connectivity index (χ3v) is 8.82. The Morgan fingerprint density at radius 3 is 2.05 bits per heavy atom. The number of anilines is 1. The second-order valence-electron chi connectivity index (χ2n) is 12.6. The summed E-state index contributed by atoms with van der Waals surface area (Å²) in [4.78, 5) is 16.3. The molecule has 4 nitrogen and oxygen atoms in total. The average Bonchev–Trinajstić information content (AvgIpc) is 3.01. The van der Waals surface area contributed by atoms with E-state index in [1.54, 1.807) is 0 Å². The molecule has 42 heavy (non-hydrogen) atoms. The Morgan fingerprint density at radius 1 is 0.810 bits per heavy atom. The largest absolute Gasteiger partial charge is 0.494 e. The second kappa shape index (κ2) is 15.8. The van der Waals surface area contributed by atoms with Gasteiger partial charge < -0.3 is 15.0 Å². The summed E-state index contributed by atoms with van der Waals surface area (Å²) in [7, 11) is 0. The van der Waals surface area contributed by atoms with Crippen molar-refractivity contribution in [2.24, 2.45) is 0 Å². The number of para-hydroxylation sites is 1. The average molecular weight is 569 g/mol. The fourth-order valence-electron chi connectivity index (χ4n) is 6.29. The van der Waals surface area contributed by atoms with Gasteiger partial charge in [-0.15, -0.1) is 0 Å². The molecule has 0 heterocycles. The first-order valence-corrected chi connectivity index (χ1v) is 16.3. The highest BCUT2D eigenvalue weighted by atomic mass is 16.5.